The molecule has 2 amide bonds. The van der Waals surface area contributed by atoms with E-state index in [0.29, 0.717) is 16.3 Å². The summed E-state index contributed by atoms with van der Waals surface area (Å²) in [5.41, 5.74) is 2.79. The molecule has 1 atom stereocenters. The van der Waals surface area contributed by atoms with Gasteiger partial charge in [0.05, 0.1) is 16.9 Å². The maximum atomic E-state index is 12.2. The van der Waals surface area contributed by atoms with Gasteiger partial charge in [0.25, 0.3) is 0 Å². The minimum absolute atomic E-state index is 0.535. The van der Waals surface area contributed by atoms with E-state index in [0.717, 1.165) is 10.5 Å². The molecule has 0 spiro atoms. The SMILES string of the molecule is Cc1ccc(SOc2cccc(NC(=O)NS(=O)c3ccc(C)cc3)c2)cc1. The van der Waals surface area contributed by atoms with Crippen LogP contribution in [0.2, 0.25) is 0 Å². The molecule has 0 aliphatic heterocycles. The molecule has 7 heteroatoms. The Labute approximate surface area is 171 Å². The third kappa shape index (κ3) is 5.87. The molecule has 0 saturated heterocycles. The third-order valence-electron chi connectivity index (χ3n) is 3.77. The normalized spacial score (nSPS) is 11.5. The van der Waals surface area contributed by atoms with Crippen molar-refractivity contribution in [3.63, 3.8) is 0 Å². The van der Waals surface area contributed by atoms with Gasteiger partial charge in [0.2, 0.25) is 0 Å². The summed E-state index contributed by atoms with van der Waals surface area (Å²) in [6.45, 7) is 3.97. The number of carbonyl (C=O) groups is 1. The second kappa shape index (κ2) is 9.43. The van der Waals surface area contributed by atoms with Crippen LogP contribution in [0.3, 0.4) is 0 Å². The predicted octanol–water partition coefficient (Wildman–Crippen LogP) is 5.23. The first kappa shape index (κ1) is 20.0. The summed E-state index contributed by atoms with van der Waals surface area (Å²) in [5.74, 6) is 0.600. The Morgan fingerprint density at radius 3 is 2.25 bits per heavy atom. The van der Waals surface area contributed by atoms with Gasteiger partial charge in [-0.15, -0.1) is 0 Å². The lowest BCUT2D eigenvalue weighted by Gasteiger charge is -2.09. The zero-order valence-corrected chi connectivity index (χ0v) is 17.1. The van der Waals surface area contributed by atoms with E-state index < -0.39 is 17.0 Å². The smallest absolute Gasteiger partial charge is 0.331 e. The second-order valence-electron chi connectivity index (χ2n) is 6.15. The van der Waals surface area contributed by atoms with Gasteiger partial charge in [0.1, 0.15) is 5.75 Å². The summed E-state index contributed by atoms with van der Waals surface area (Å²) >= 11 is 1.24. The molecule has 3 aromatic rings. The van der Waals surface area contributed by atoms with Gasteiger partial charge in [-0.3, -0.25) is 4.72 Å². The Bertz CT molecular complexity index is 974. The molecule has 144 valence electrons. The van der Waals surface area contributed by atoms with Crippen LogP contribution < -0.4 is 14.2 Å². The first-order valence-corrected chi connectivity index (χ1v) is 10.5. The van der Waals surface area contributed by atoms with Crippen molar-refractivity contribution >= 4 is 34.7 Å². The third-order valence-corrected chi connectivity index (χ3v) is 5.58. The zero-order valence-electron chi connectivity index (χ0n) is 15.5. The average Bonchev–Trinajstić information content (AvgIpc) is 2.68. The van der Waals surface area contributed by atoms with Gasteiger partial charge >= 0.3 is 6.03 Å². The lowest BCUT2D eigenvalue weighted by Crippen LogP contribution is -2.30. The molecule has 0 aliphatic rings. The summed E-state index contributed by atoms with van der Waals surface area (Å²) < 4.78 is 20.3. The van der Waals surface area contributed by atoms with Crippen molar-refractivity contribution in [2.75, 3.05) is 5.32 Å². The fourth-order valence-corrected chi connectivity index (χ4v) is 3.54. The highest BCUT2D eigenvalue weighted by Gasteiger charge is 2.09. The first-order chi connectivity index (χ1) is 13.5. The van der Waals surface area contributed by atoms with Crippen LogP contribution in [-0.2, 0) is 11.0 Å². The highest BCUT2D eigenvalue weighted by Crippen LogP contribution is 2.25. The Balaban J connectivity index is 1.55. The Hall–Kier alpha value is -2.77. The topological polar surface area (TPSA) is 67.4 Å². The largest absolute Gasteiger partial charge is 0.421 e. The fourth-order valence-electron chi connectivity index (χ4n) is 2.28. The summed E-state index contributed by atoms with van der Waals surface area (Å²) in [7, 11) is -1.63. The molecule has 0 fully saturated rings. The van der Waals surface area contributed by atoms with Gasteiger partial charge in [0.15, 0.2) is 11.0 Å². The van der Waals surface area contributed by atoms with E-state index in [1.54, 1.807) is 36.4 Å². The number of amides is 2. The van der Waals surface area contributed by atoms with E-state index in [1.165, 1.54) is 17.6 Å². The number of aryl methyl sites for hydroxylation is 2. The number of anilines is 1. The van der Waals surface area contributed by atoms with E-state index in [9.17, 15) is 9.00 Å². The quantitative estimate of drug-likeness (QED) is 0.544. The van der Waals surface area contributed by atoms with Crippen molar-refractivity contribution in [1.29, 1.82) is 0 Å². The Kier molecular flexibility index (Phi) is 6.73. The van der Waals surface area contributed by atoms with Crippen LogP contribution in [0.25, 0.3) is 0 Å². The van der Waals surface area contributed by atoms with E-state index >= 15 is 0 Å². The molecule has 2 N–H and O–H groups in total. The molecular formula is C21H20N2O3S2. The fraction of sp³-hybridized carbons (Fsp3) is 0.0952. The van der Waals surface area contributed by atoms with Crippen molar-refractivity contribution in [3.05, 3.63) is 83.9 Å². The van der Waals surface area contributed by atoms with Crippen LogP contribution in [0.4, 0.5) is 10.5 Å². The minimum Gasteiger partial charge on any atom is -0.421 e. The molecule has 0 heterocycles. The molecule has 0 saturated carbocycles. The Morgan fingerprint density at radius 1 is 0.929 bits per heavy atom. The van der Waals surface area contributed by atoms with E-state index in [-0.39, 0.29) is 0 Å². The molecule has 28 heavy (non-hydrogen) atoms. The van der Waals surface area contributed by atoms with Crippen molar-refractivity contribution in [2.45, 2.75) is 23.6 Å². The van der Waals surface area contributed by atoms with Gasteiger partial charge in [-0.25, -0.2) is 9.00 Å². The van der Waals surface area contributed by atoms with Crippen LogP contribution in [-0.4, -0.2) is 10.2 Å². The number of hydrogen-bond donors (Lipinski definition) is 2. The molecule has 5 nitrogen and oxygen atoms in total. The summed E-state index contributed by atoms with van der Waals surface area (Å²) in [5, 5.41) is 2.67. The molecule has 0 bridgehead atoms. The summed E-state index contributed by atoms with van der Waals surface area (Å²) in [4.78, 5) is 13.6. The number of carbonyl (C=O) groups excluding carboxylic acids is 1. The summed E-state index contributed by atoms with van der Waals surface area (Å²) in [6.07, 6.45) is 0. The zero-order chi connectivity index (χ0) is 19.9. The van der Waals surface area contributed by atoms with Crippen LogP contribution in [0, 0.1) is 13.8 Å². The highest BCUT2D eigenvalue weighted by atomic mass is 32.2. The van der Waals surface area contributed by atoms with Crippen molar-refractivity contribution in [3.8, 4) is 5.75 Å². The highest BCUT2D eigenvalue weighted by molar-refractivity contribution is 7.95. The molecule has 1 unspecified atom stereocenters. The van der Waals surface area contributed by atoms with Gasteiger partial charge in [-0.1, -0.05) is 41.5 Å². The number of rotatable bonds is 6. The molecule has 3 rings (SSSR count). The molecule has 0 aromatic heterocycles. The monoisotopic (exact) mass is 412 g/mol. The van der Waals surface area contributed by atoms with E-state index in [4.69, 9.17) is 4.18 Å². The maximum Gasteiger partial charge on any atom is 0.331 e. The van der Waals surface area contributed by atoms with Gasteiger partial charge in [0, 0.05) is 16.6 Å². The van der Waals surface area contributed by atoms with Crippen LogP contribution in [0.5, 0.6) is 5.75 Å². The Morgan fingerprint density at radius 2 is 1.57 bits per heavy atom. The van der Waals surface area contributed by atoms with Crippen molar-refractivity contribution in [2.24, 2.45) is 0 Å². The second-order valence-corrected chi connectivity index (χ2v) is 8.16. The minimum atomic E-state index is -1.63. The number of urea groups is 1. The molecular weight excluding hydrogens is 392 g/mol. The number of nitrogens with one attached hydrogen (secondary N) is 2. The van der Waals surface area contributed by atoms with Crippen LogP contribution >= 0.6 is 12.0 Å². The van der Waals surface area contributed by atoms with Crippen molar-refractivity contribution in [1.82, 2.24) is 4.72 Å². The predicted molar refractivity (Wildman–Crippen MR) is 114 cm³/mol. The lowest BCUT2D eigenvalue weighted by molar-refractivity contribution is 0.257. The van der Waals surface area contributed by atoms with E-state index in [1.807, 2.05) is 50.2 Å². The number of hydrogen-bond acceptors (Lipinski definition) is 4. The standard InChI is InChI=1S/C21H20N2O3S2/c1-15-6-10-19(11-7-15)27-26-18-5-3-4-17(14-18)22-21(24)23-28(25)20-12-8-16(2)9-13-20/h3-14H,1-2H3,(H2,22,23,24). The maximum absolute atomic E-state index is 12.2. The van der Waals surface area contributed by atoms with Crippen LogP contribution in [0.15, 0.2) is 82.6 Å². The van der Waals surface area contributed by atoms with Crippen molar-refractivity contribution < 1.29 is 13.2 Å². The van der Waals surface area contributed by atoms with Gasteiger partial charge in [-0.05, 0) is 50.2 Å². The van der Waals surface area contributed by atoms with Crippen LogP contribution in [0.1, 0.15) is 11.1 Å². The van der Waals surface area contributed by atoms with Gasteiger partial charge in [-0.2, -0.15) is 0 Å². The van der Waals surface area contributed by atoms with Gasteiger partial charge < -0.3 is 9.50 Å². The first-order valence-electron chi connectivity index (χ1n) is 8.57. The van der Waals surface area contributed by atoms with E-state index in [2.05, 4.69) is 10.0 Å². The summed E-state index contributed by atoms with van der Waals surface area (Å²) in [6, 6.07) is 21.6. The molecule has 0 aliphatic carbocycles. The lowest BCUT2D eigenvalue weighted by atomic mass is 10.2. The number of benzene rings is 3. The average molecular weight is 413 g/mol. The molecule has 0 radical (unpaired) electrons. The molecule has 3 aromatic carbocycles.